The second-order valence-corrected chi connectivity index (χ2v) is 8.84. The Balaban J connectivity index is 1.84. The molecule has 0 aliphatic heterocycles. The molecule has 6 nitrogen and oxygen atoms in total. The Hall–Kier alpha value is -2.49. The molecule has 0 aliphatic rings. The Labute approximate surface area is 177 Å². The zero-order chi connectivity index (χ0) is 22.8. The summed E-state index contributed by atoms with van der Waals surface area (Å²) in [7, 11) is -3.78. The smallest absolute Gasteiger partial charge is 0.331 e. The van der Waals surface area contributed by atoms with Gasteiger partial charge in [-0.3, -0.25) is 4.57 Å². The van der Waals surface area contributed by atoms with Crippen LogP contribution in [0.2, 0.25) is 0 Å². The maximum absolute atomic E-state index is 14.6. The Morgan fingerprint density at radius 2 is 1.87 bits per heavy atom. The Kier molecular flexibility index (Phi) is 6.68. The van der Waals surface area contributed by atoms with Gasteiger partial charge in [-0.15, -0.1) is 0 Å². The van der Waals surface area contributed by atoms with Gasteiger partial charge < -0.3 is 14.1 Å². The zero-order valence-corrected chi connectivity index (χ0v) is 17.4. The predicted octanol–water partition coefficient (Wildman–Crippen LogP) is 6.28. The summed E-state index contributed by atoms with van der Waals surface area (Å²) in [4.78, 5) is 3.41. The summed E-state index contributed by atoms with van der Waals surface area (Å²) in [6.45, 7) is 1.55. The number of alkyl halides is 3. The molecule has 13 heteroatoms. The van der Waals surface area contributed by atoms with Gasteiger partial charge in [0.15, 0.2) is 11.6 Å². The highest BCUT2D eigenvalue weighted by molar-refractivity contribution is 7.59. The molecule has 1 N–H and O–H groups in total. The lowest BCUT2D eigenvalue weighted by Crippen LogP contribution is -2.06. The SMILES string of the molecule is CCOP(=O)(Cc1ccc(-c2noc(C(F)(F)Cl)n2)cc1F)Nc1ccc(F)c(F)c1. The number of benzene rings is 2. The molecule has 0 aliphatic carbocycles. The first-order valence-electron chi connectivity index (χ1n) is 8.67. The minimum absolute atomic E-state index is 0.00800. The Bertz CT molecular complexity index is 1140. The highest BCUT2D eigenvalue weighted by atomic mass is 35.5. The monoisotopic (exact) mass is 481 g/mol. The molecule has 3 rings (SSSR count). The van der Waals surface area contributed by atoms with Crippen molar-refractivity contribution in [1.29, 1.82) is 0 Å². The fourth-order valence-corrected chi connectivity index (χ4v) is 4.55. The summed E-state index contributed by atoms with van der Waals surface area (Å²) in [5, 5.41) is 1.94. The van der Waals surface area contributed by atoms with Crippen molar-refractivity contribution in [2.75, 3.05) is 11.7 Å². The minimum atomic E-state index is -3.88. The second kappa shape index (κ2) is 8.94. The van der Waals surface area contributed by atoms with E-state index < -0.39 is 42.4 Å². The molecule has 0 saturated carbocycles. The van der Waals surface area contributed by atoms with Crippen LogP contribution >= 0.6 is 19.1 Å². The minimum Gasteiger partial charge on any atom is -0.331 e. The van der Waals surface area contributed by atoms with E-state index in [-0.39, 0.29) is 29.2 Å². The summed E-state index contributed by atoms with van der Waals surface area (Å²) in [5.74, 6) is -4.58. The van der Waals surface area contributed by atoms with E-state index in [2.05, 4.69) is 19.8 Å². The van der Waals surface area contributed by atoms with Gasteiger partial charge in [-0.2, -0.15) is 13.8 Å². The second-order valence-electron chi connectivity index (χ2n) is 6.22. The first kappa shape index (κ1) is 23.2. The molecule has 2 aromatic carbocycles. The topological polar surface area (TPSA) is 77.2 Å². The van der Waals surface area contributed by atoms with E-state index >= 15 is 0 Å². The van der Waals surface area contributed by atoms with Crippen LogP contribution in [-0.2, 0) is 20.6 Å². The van der Waals surface area contributed by atoms with Crippen LogP contribution in [0, 0.1) is 17.5 Å². The molecule has 0 spiro atoms. The molecule has 1 unspecified atom stereocenters. The number of nitrogens with one attached hydrogen (secondary N) is 1. The van der Waals surface area contributed by atoms with Crippen molar-refractivity contribution < 1.29 is 35.6 Å². The third-order valence-corrected chi connectivity index (χ3v) is 6.11. The maximum Gasteiger partial charge on any atom is 0.400 e. The van der Waals surface area contributed by atoms with Crippen LogP contribution in [0.5, 0.6) is 0 Å². The van der Waals surface area contributed by atoms with E-state index in [9.17, 15) is 26.5 Å². The number of hydrogen-bond donors (Lipinski definition) is 1. The van der Waals surface area contributed by atoms with E-state index in [0.717, 1.165) is 24.3 Å². The predicted molar refractivity (Wildman–Crippen MR) is 102 cm³/mol. The van der Waals surface area contributed by atoms with Gasteiger partial charge in [0.2, 0.25) is 5.82 Å². The Morgan fingerprint density at radius 1 is 1.13 bits per heavy atom. The molecular formula is C18H14ClF5N3O3P. The number of aromatic nitrogens is 2. The fourth-order valence-electron chi connectivity index (χ4n) is 2.58. The van der Waals surface area contributed by atoms with Gasteiger partial charge in [0.05, 0.1) is 12.8 Å². The van der Waals surface area contributed by atoms with E-state index in [1.165, 1.54) is 12.1 Å². The van der Waals surface area contributed by atoms with Crippen LogP contribution < -0.4 is 5.09 Å². The van der Waals surface area contributed by atoms with Crippen LogP contribution in [0.25, 0.3) is 11.4 Å². The van der Waals surface area contributed by atoms with Gasteiger partial charge >= 0.3 is 11.3 Å². The molecule has 0 fully saturated rings. The molecule has 0 amide bonds. The third kappa shape index (κ3) is 5.61. The number of hydrogen-bond acceptors (Lipinski definition) is 5. The van der Waals surface area contributed by atoms with Crippen LogP contribution in [-0.4, -0.2) is 16.7 Å². The maximum atomic E-state index is 14.6. The lowest BCUT2D eigenvalue weighted by Gasteiger charge is -2.20. The first-order valence-corrected chi connectivity index (χ1v) is 10.9. The van der Waals surface area contributed by atoms with Gasteiger partial charge in [-0.05, 0) is 42.3 Å². The first-order chi connectivity index (χ1) is 14.5. The van der Waals surface area contributed by atoms with Crippen molar-refractivity contribution in [2.24, 2.45) is 0 Å². The molecular weight excluding hydrogens is 468 g/mol. The summed E-state index contributed by atoms with van der Waals surface area (Å²) in [6, 6.07) is 6.26. The molecule has 166 valence electrons. The van der Waals surface area contributed by atoms with Crippen LogP contribution in [0.1, 0.15) is 18.4 Å². The lowest BCUT2D eigenvalue weighted by atomic mass is 10.1. The lowest BCUT2D eigenvalue weighted by molar-refractivity contribution is 0.0551. The normalized spacial score (nSPS) is 13.8. The fraction of sp³-hybridized carbons (Fsp3) is 0.222. The van der Waals surface area contributed by atoms with Gasteiger partial charge in [0.1, 0.15) is 5.82 Å². The molecule has 0 saturated heterocycles. The van der Waals surface area contributed by atoms with E-state index in [4.69, 9.17) is 16.1 Å². The molecule has 0 bridgehead atoms. The number of anilines is 1. The Morgan fingerprint density at radius 3 is 2.45 bits per heavy atom. The highest BCUT2D eigenvalue weighted by Crippen LogP contribution is 2.50. The number of halogens is 6. The zero-order valence-electron chi connectivity index (χ0n) is 15.7. The molecule has 1 aromatic heterocycles. The average Bonchev–Trinajstić information content (AvgIpc) is 3.17. The molecule has 1 heterocycles. The third-order valence-electron chi connectivity index (χ3n) is 3.91. The molecule has 3 aromatic rings. The van der Waals surface area contributed by atoms with E-state index in [1.807, 2.05) is 0 Å². The van der Waals surface area contributed by atoms with Crippen molar-refractivity contribution in [1.82, 2.24) is 10.1 Å². The van der Waals surface area contributed by atoms with Crippen molar-refractivity contribution in [2.45, 2.75) is 18.5 Å². The summed E-state index contributed by atoms with van der Waals surface area (Å²) < 4.78 is 89.9. The summed E-state index contributed by atoms with van der Waals surface area (Å²) in [6.07, 6.45) is -0.441. The van der Waals surface area contributed by atoms with Crippen molar-refractivity contribution in [3.05, 3.63) is 65.3 Å². The summed E-state index contributed by atoms with van der Waals surface area (Å²) >= 11 is 4.80. The van der Waals surface area contributed by atoms with Gasteiger partial charge in [0.25, 0.3) is 7.52 Å². The van der Waals surface area contributed by atoms with Crippen LogP contribution in [0.3, 0.4) is 0 Å². The van der Waals surface area contributed by atoms with E-state index in [0.29, 0.717) is 0 Å². The standard InChI is InChI=1S/C18H14ClF5N3O3P/c1-2-29-31(28,27-12-5-6-13(20)15(22)8-12)9-11-4-3-10(7-14(11)21)16-25-17(30-26-16)18(19,23)24/h3-8H,2,9H2,1H3,(H,27,28). The molecule has 0 radical (unpaired) electrons. The largest absolute Gasteiger partial charge is 0.400 e. The van der Waals surface area contributed by atoms with Crippen LogP contribution in [0.15, 0.2) is 40.9 Å². The van der Waals surface area contributed by atoms with Gasteiger partial charge in [-0.1, -0.05) is 17.3 Å². The molecule has 1 atom stereocenters. The van der Waals surface area contributed by atoms with E-state index in [1.54, 1.807) is 6.92 Å². The van der Waals surface area contributed by atoms with Gasteiger partial charge in [-0.25, -0.2) is 13.2 Å². The van der Waals surface area contributed by atoms with Crippen molar-refractivity contribution in [3.63, 3.8) is 0 Å². The number of rotatable bonds is 8. The highest BCUT2D eigenvalue weighted by Gasteiger charge is 2.36. The van der Waals surface area contributed by atoms with Crippen molar-refractivity contribution in [3.8, 4) is 11.4 Å². The quantitative estimate of drug-likeness (QED) is 0.232. The average molecular weight is 482 g/mol. The van der Waals surface area contributed by atoms with Crippen molar-refractivity contribution >= 4 is 24.8 Å². The molecule has 31 heavy (non-hydrogen) atoms. The summed E-state index contributed by atoms with van der Waals surface area (Å²) in [5.41, 5.74) is -0.0620. The number of nitrogens with zero attached hydrogens (tertiary/aromatic N) is 2. The van der Waals surface area contributed by atoms with Gasteiger partial charge in [0, 0.05) is 17.3 Å². The van der Waals surface area contributed by atoms with Crippen LogP contribution in [0.4, 0.5) is 27.6 Å².